The van der Waals surface area contributed by atoms with Crippen LogP contribution in [0.5, 0.6) is 0 Å². The van der Waals surface area contributed by atoms with E-state index in [-0.39, 0.29) is 17.1 Å². The van der Waals surface area contributed by atoms with Gasteiger partial charge in [0, 0.05) is 23.9 Å². The largest absolute Gasteiger partial charge is 0.433 e. The second kappa shape index (κ2) is 5.45. The van der Waals surface area contributed by atoms with Gasteiger partial charge in [0.05, 0.1) is 6.20 Å². The maximum absolute atomic E-state index is 13.2. The summed E-state index contributed by atoms with van der Waals surface area (Å²) in [7, 11) is 0. The molecular weight excluding hydrogens is 317 g/mol. The van der Waals surface area contributed by atoms with Crippen LogP contribution in [0.25, 0.3) is 5.65 Å². The third-order valence-corrected chi connectivity index (χ3v) is 3.64. The highest BCUT2D eigenvalue weighted by Crippen LogP contribution is 2.41. The van der Waals surface area contributed by atoms with E-state index in [1.54, 1.807) is 0 Å². The van der Waals surface area contributed by atoms with Gasteiger partial charge in [-0.05, 0) is 18.9 Å². The number of carbonyl (C=O) groups is 1. The maximum Gasteiger partial charge on any atom is 0.433 e. The van der Waals surface area contributed by atoms with Crippen LogP contribution in [0.1, 0.15) is 40.5 Å². The normalized spacial score (nSPS) is 15.3. The lowest BCUT2D eigenvalue weighted by Crippen LogP contribution is -2.25. The Morgan fingerprint density at radius 1 is 1.45 bits per heavy atom. The molecule has 2 aromatic rings. The SMILES string of the molecule is O=C(NCCS)c1cnn2c(C(F)(F)F)cc(C3CC3)nc12. The number of alkyl halides is 3. The summed E-state index contributed by atoms with van der Waals surface area (Å²) in [5, 5.41) is 6.25. The predicted octanol–water partition coefficient (Wildman–Crippen LogP) is 2.29. The summed E-state index contributed by atoms with van der Waals surface area (Å²) in [6.45, 7) is 0.313. The van der Waals surface area contributed by atoms with Crippen molar-refractivity contribution in [1.29, 1.82) is 0 Å². The Morgan fingerprint density at radius 3 is 2.77 bits per heavy atom. The number of hydrogen-bond acceptors (Lipinski definition) is 4. The molecule has 9 heteroatoms. The van der Waals surface area contributed by atoms with Crippen LogP contribution >= 0.6 is 12.6 Å². The maximum atomic E-state index is 13.2. The van der Waals surface area contributed by atoms with Gasteiger partial charge in [0.2, 0.25) is 0 Å². The molecule has 1 N–H and O–H groups in total. The molecule has 2 heterocycles. The van der Waals surface area contributed by atoms with Crippen LogP contribution in [0.15, 0.2) is 12.3 Å². The summed E-state index contributed by atoms with van der Waals surface area (Å²) in [5.41, 5.74) is -0.570. The molecule has 0 unspecified atom stereocenters. The summed E-state index contributed by atoms with van der Waals surface area (Å²) in [6.07, 6.45) is -1.82. The zero-order chi connectivity index (χ0) is 15.9. The minimum atomic E-state index is -4.56. The van der Waals surface area contributed by atoms with Crippen molar-refractivity contribution in [2.45, 2.75) is 24.9 Å². The zero-order valence-corrected chi connectivity index (χ0v) is 12.3. The van der Waals surface area contributed by atoms with E-state index in [0.29, 0.717) is 22.5 Å². The molecule has 0 radical (unpaired) electrons. The van der Waals surface area contributed by atoms with Gasteiger partial charge in [-0.25, -0.2) is 9.50 Å². The van der Waals surface area contributed by atoms with E-state index in [4.69, 9.17) is 0 Å². The second-order valence-corrected chi connectivity index (χ2v) is 5.56. The van der Waals surface area contributed by atoms with Gasteiger partial charge in [-0.3, -0.25) is 4.79 Å². The summed E-state index contributed by atoms with van der Waals surface area (Å²) in [6, 6.07) is 1.02. The first kappa shape index (κ1) is 15.1. The third kappa shape index (κ3) is 2.77. The molecule has 1 aliphatic carbocycles. The first-order chi connectivity index (χ1) is 10.4. The fourth-order valence-corrected chi connectivity index (χ4v) is 2.31. The van der Waals surface area contributed by atoms with E-state index in [2.05, 4.69) is 28.0 Å². The monoisotopic (exact) mass is 330 g/mol. The number of aromatic nitrogens is 3. The summed E-state index contributed by atoms with van der Waals surface area (Å²) in [4.78, 5) is 16.2. The van der Waals surface area contributed by atoms with Crippen molar-refractivity contribution < 1.29 is 18.0 Å². The van der Waals surface area contributed by atoms with Crippen molar-refractivity contribution >= 4 is 24.2 Å². The van der Waals surface area contributed by atoms with Crippen molar-refractivity contribution in [3.63, 3.8) is 0 Å². The van der Waals surface area contributed by atoms with E-state index < -0.39 is 17.8 Å². The lowest BCUT2D eigenvalue weighted by atomic mass is 10.2. The van der Waals surface area contributed by atoms with Crippen molar-refractivity contribution in [3.8, 4) is 0 Å². The van der Waals surface area contributed by atoms with Crippen LogP contribution in [0.3, 0.4) is 0 Å². The average Bonchev–Trinajstić information content (AvgIpc) is 3.22. The molecule has 0 aromatic carbocycles. The molecule has 118 valence electrons. The number of halogens is 3. The van der Waals surface area contributed by atoms with Crippen LogP contribution in [-0.4, -0.2) is 32.8 Å². The molecule has 0 bridgehead atoms. The highest BCUT2D eigenvalue weighted by atomic mass is 32.1. The third-order valence-electron chi connectivity index (χ3n) is 3.42. The number of amides is 1. The second-order valence-electron chi connectivity index (χ2n) is 5.11. The van der Waals surface area contributed by atoms with Gasteiger partial charge in [-0.2, -0.15) is 30.9 Å². The van der Waals surface area contributed by atoms with Crippen LogP contribution in [0, 0.1) is 0 Å². The first-order valence-electron chi connectivity index (χ1n) is 6.76. The molecule has 0 spiro atoms. The zero-order valence-electron chi connectivity index (χ0n) is 11.4. The Hall–Kier alpha value is -1.77. The topological polar surface area (TPSA) is 59.3 Å². The van der Waals surface area contributed by atoms with E-state index in [9.17, 15) is 18.0 Å². The molecule has 1 aliphatic rings. The van der Waals surface area contributed by atoms with Gasteiger partial charge in [0.1, 0.15) is 11.3 Å². The molecule has 0 atom stereocenters. The Bertz CT molecular complexity index is 724. The summed E-state index contributed by atoms with van der Waals surface area (Å²) in [5.74, 6) is -0.0357. The highest BCUT2D eigenvalue weighted by molar-refractivity contribution is 7.80. The molecule has 3 rings (SSSR count). The fourth-order valence-electron chi connectivity index (χ4n) is 2.20. The highest BCUT2D eigenvalue weighted by Gasteiger charge is 2.37. The van der Waals surface area contributed by atoms with Crippen LogP contribution < -0.4 is 5.32 Å². The van der Waals surface area contributed by atoms with Crippen LogP contribution in [-0.2, 0) is 6.18 Å². The summed E-state index contributed by atoms with van der Waals surface area (Å²) < 4.78 is 40.3. The Labute approximate surface area is 129 Å². The molecule has 1 fully saturated rings. The number of thiol groups is 1. The average molecular weight is 330 g/mol. The van der Waals surface area contributed by atoms with Crippen molar-refractivity contribution in [2.24, 2.45) is 0 Å². The van der Waals surface area contributed by atoms with Gasteiger partial charge in [0.15, 0.2) is 5.65 Å². The Kier molecular flexibility index (Phi) is 3.75. The molecular formula is C13H13F3N4OS. The fraction of sp³-hybridized carbons (Fsp3) is 0.462. The molecule has 2 aromatic heterocycles. The smallest absolute Gasteiger partial charge is 0.351 e. The number of hydrogen-bond donors (Lipinski definition) is 2. The number of nitrogens with zero attached hydrogens (tertiary/aromatic N) is 3. The number of nitrogens with one attached hydrogen (secondary N) is 1. The quantitative estimate of drug-likeness (QED) is 0.846. The van der Waals surface area contributed by atoms with Crippen molar-refractivity contribution in [2.75, 3.05) is 12.3 Å². The van der Waals surface area contributed by atoms with Gasteiger partial charge in [-0.1, -0.05) is 0 Å². The molecule has 1 saturated carbocycles. The van der Waals surface area contributed by atoms with Gasteiger partial charge < -0.3 is 5.32 Å². The molecule has 22 heavy (non-hydrogen) atoms. The van der Waals surface area contributed by atoms with Crippen molar-refractivity contribution in [3.05, 3.63) is 29.2 Å². The van der Waals surface area contributed by atoms with E-state index >= 15 is 0 Å². The van der Waals surface area contributed by atoms with Crippen molar-refractivity contribution in [1.82, 2.24) is 19.9 Å². The first-order valence-corrected chi connectivity index (χ1v) is 7.40. The number of carbonyl (C=O) groups excluding carboxylic acids is 1. The minimum absolute atomic E-state index is 0.0364. The van der Waals surface area contributed by atoms with Gasteiger partial charge in [0.25, 0.3) is 5.91 Å². The van der Waals surface area contributed by atoms with Gasteiger partial charge >= 0.3 is 6.18 Å². The number of fused-ring (bicyclic) bond motifs is 1. The minimum Gasteiger partial charge on any atom is -0.351 e. The van der Waals surface area contributed by atoms with Crippen LogP contribution in [0.4, 0.5) is 13.2 Å². The van der Waals surface area contributed by atoms with E-state index in [1.165, 1.54) is 0 Å². The lowest BCUT2D eigenvalue weighted by molar-refractivity contribution is -0.142. The molecule has 0 saturated heterocycles. The lowest BCUT2D eigenvalue weighted by Gasteiger charge is -2.11. The molecule has 5 nitrogen and oxygen atoms in total. The Morgan fingerprint density at radius 2 is 2.18 bits per heavy atom. The summed E-state index contributed by atoms with van der Waals surface area (Å²) >= 11 is 3.97. The number of rotatable bonds is 4. The van der Waals surface area contributed by atoms with E-state index in [0.717, 1.165) is 25.1 Å². The Balaban J connectivity index is 2.12. The predicted molar refractivity (Wildman–Crippen MR) is 76.2 cm³/mol. The molecule has 0 aliphatic heterocycles. The van der Waals surface area contributed by atoms with Crippen LogP contribution in [0.2, 0.25) is 0 Å². The van der Waals surface area contributed by atoms with E-state index in [1.807, 2.05) is 0 Å². The molecule has 1 amide bonds. The standard InChI is InChI=1S/C13H13F3N4OS/c14-13(15,16)10-5-9(7-1-2-7)19-11-8(6-18-20(10)11)12(21)17-3-4-22/h5-7,22H,1-4H2,(H,17,21). The van der Waals surface area contributed by atoms with Gasteiger partial charge in [-0.15, -0.1) is 0 Å².